The molecule has 2 atom stereocenters. The fourth-order valence-electron chi connectivity index (χ4n) is 4.37. The topological polar surface area (TPSA) is 107 Å². The normalized spacial score (nSPS) is 13.7. The molecule has 1 aliphatic rings. The zero-order valence-corrected chi connectivity index (χ0v) is 20.2. The Morgan fingerprint density at radius 1 is 1.06 bits per heavy atom. The number of fused-ring (bicyclic) bond motifs is 1. The molecule has 4 rings (SSSR count). The van der Waals surface area contributed by atoms with Crippen LogP contribution in [0.5, 0.6) is 11.5 Å². The second-order valence-electron chi connectivity index (χ2n) is 8.84. The first-order valence-corrected chi connectivity index (χ1v) is 12.1. The lowest BCUT2D eigenvalue weighted by atomic mass is 10.0. The number of nitrogens with zero attached hydrogens (tertiary/aromatic N) is 1. The fraction of sp³-hybridized carbons (Fsp3) is 0.321. The molecule has 1 unspecified atom stereocenters. The van der Waals surface area contributed by atoms with Gasteiger partial charge in [-0.05, 0) is 35.7 Å². The van der Waals surface area contributed by atoms with Crippen molar-refractivity contribution >= 4 is 11.9 Å². The molecule has 2 N–H and O–H groups in total. The number of carboxylic acids is 1. The van der Waals surface area contributed by atoms with E-state index in [0.29, 0.717) is 35.5 Å². The second-order valence-corrected chi connectivity index (χ2v) is 8.84. The Morgan fingerprint density at radius 3 is 2.58 bits per heavy atom. The van der Waals surface area contributed by atoms with Crippen molar-refractivity contribution in [3.8, 4) is 11.5 Å². The molecule has 1 aliphatic heterocycles. The van der Waals surface area contributed by atoms with Crippen LogP contribution in [0.2, 0.25) is 0 Å². The molecule has 0 bridgehead atoms. The van der Waals surface area contributed by atoms with Crippen LogP contribution in [-0.2, 0) is 16.0 Å². The van der Waals surface area contributed by atoms with E-state index in [0.717, 1.165) is 18.4 Å². The number of aliphatic carboxylic acids is 1. The molecule has 0 saturated carbocycles. The van der Waals surface area contributed by atoms with Crippen molar-refractivity contribution in [3.05, 3.63) is 93.9 Å². The largest absolute Gasteiger partial charge is 0.481 e. The lowest BCUT2D eigenvalue weighted by Gasteiger charge is -2.24. The number of carbonyl (C=O) groups excluding carboxylic acids is 1. The molecular weight excluding hydrogens is 460 g/mol. The number of ether oxygens (including phenoxy) is 2. The smallest absolute Gasteiger partial charge is 0.305 e. The van der Waals surface area contributed by atoms with Gasteiger partial charge in [0.25, 0.3) is 5.56 Å². The Kier molecular flexibility index (Phi) is 8.05. The summed E-state index contributed by atoms with van der Waals surface area (Å²) in [5.41, 5.74) is 1.96. The maximum absolute atomic E-state index is 13.6. The molecule has 1 aromatic heterocycles. The van der Waals surface area contributed by atoms with E-state index < -0.39 is 24.0 Å². The highest BCUT2D eigenvalue weighted by Crippen LogP contribution is 2.35. The first kappa shape index (κ1) is 25.0. The van der Waals surface area contributed by atoms with Gasteiger partial charge in [0.15, 0.2) is 11.5 Å². The van der Waals surface area contributed by atoms with Gasteiger partial charge in [-0.3, -0.25) is 14.4 Å². The summed E-state index contributed by atoms with van der Waals surface area (Å²) >= 11 is 0. The van der Waals surface area contributed by atoms with Crippen molar-refractivity contribution in [2.75, 3.05) is 6.79 Å². The average molecular weight is 491 g/mol. The minimum Gasteiger partial charge on any atom is -0.481 e. The molecular formula is C28H30N2O6. The fourth-order valence-corrected chi connectivity index (χ4v) is 4.37. The van der Waals surface area contributed by atoms with Crippen LogP contribution in [0.15, 0.2) is 71.7 Å². The predicted molar refractivity (Wildman–Crippen MR) is 134 cm³/mol. The van der Waals surface area contributed by atoms with Gasteiger partial charge in [0.2, 0.25) is 12.7 Å². The summed E-state index contributed by atoms with van der Waals surface area (Å²) in [5.74, 6) is -0.373. The van der Waals surface area contributed by atoms with Crippen molar-refractivity contribution in [1.82, 2.24) is 9.88 Å². The molecule has 36 heavy (non-hydrogen) atoms. The Bertz CT molecular complexity index is 1270. The van der Waals surface area contributed by atoms with E-state index in [-0.39, 0.29) is 18.8 Å². The minimum absolute atomic E-state index is 0.0933. The summed E-state index contributed by atoms with van der Waals surface area (Å²) in [4.78, 5) is 38.6. The molecule has 0 spiro atoms. The highest BCUT2D eigenvalue weighted by Gasteiger charge is 2.27. The highest BCUT2D eigenvalue weighted by molar-refractivity contribution is 5.81. The Hall–Kier alpha value is -4.07. The summed E-state index contributed by atoms with van der Waals surface area (Å²) in [6.07, 6.45) is 3.82. The summed E-state index contributed by atoms with van der Waals surface area (Å²) in [5, 5.41) is 12.4. The SMILES string of the molecule is CCCCC(C(=O)N[C@H](CC(=O)O)c1ccc2c(c1)OCO2)n1cccc(Cc2ccccc2)c1=O. The van der Waals surface area contributed by atoms with Crippen molar-refractivity contribution in [3.63, 3.8) is 0 Å². The van der Waals surface area contributed by atoms with Gasteiger partial charge < -0.3 is 24.5 Å². The zero-order valence-electron chi connectivity index (χ0n) is 20.2. The van der Waals surface area contributed by atoms with E-state index in [1.165, 1.54) is 4.57 Å². The number of hydrogen-bond donors (Lipinski definition) is 2. The molecule has 8 nitrogen and oxygen atoms in total. The van der Waals surface area contributed by atoms with E-state index in [1.807, 2.05) is 37.3 Å². The van der Waals surface area contributed by atoms with E-state index in [9.17, 15) is 19.5 Å². The summed E-state index contributed by atoms with van der Waals surface area (Å²) in [6.45, 7) is 2.11. The highest BCUT2D eigenvalue weighted by atomic mass is 16.7. The van der Waals surface area contributed by atoms with Crippen LogP contribution in [0.3, 0.4) is 0 Å². The molecule has 0 saturated heterocycles. The van der Waals surface area contributed by atoms with Crippen molar-refractivity contribution in [1.29, 1.82) is 0 Å². The molecule has 0 radical (unpaired) electrons. The van der Waals surface area contributed by atoms with Crippen molar-refractivity contribution < 1.29 is 24.2 Å². The molecule has 0 fully saturated rings. The number of aromatic nitrogens is 1. The third kappa shape index (κ3) is 5.94. The summed E-state index contributed by atoms with van der Waals surface area (Å²) in [7, 11) is 0. The number of pyridine rings is 1. The average Bonchev–Trinajstić information content (AvgIpc) is 3.34. The van der Waals surface area contributed by atoms with Crippen LogP contribution >= 0.6 is 0 Å². The lowest BCUT2D eigenvalue weighted by Crippen LogP contribution is -2.40. The Morgan fingerprint density at radius 2 is 1.83 bits per heavy atom. The van der Waals surface area contributed by atoms with E-state index in [1.54, 1.807) is 36.5 Å². The maximum Gasteiger partial charge on any atom is 0.305 e. The van der Waals surface area contributed by atoms with E-state index in [4.69, 9.17) is 9.47 Å². The zero-order chi connectivity index (χ0) is 25.5. The minimum atomic E-state index is -1.05. The number of amides is 1. The molecule has 0 aliphatic carbocycles. The van der Waals surface area contributed by atoms with E-state index in [2.05, 4.69) is 5.32 Å². The number of hydrogen-bond acceptors (Lipinski definition) is 5. The number of nitrogens with one attached hydrogen (secondary N) is 1. The van der Waals surface area contributed by atoms with Gasteiger partial charge in [-0.25, -0.2) is 0 Å². The standard InChI is InChI=1S/C28H30N2O6/c1-2-3-11-23(30-14-7-10-21(28(30)34)15-19-8-5-4-6-9-19)27(33)29-22(17-26(31)32)20-12-13-24-25(16-20)36-18-35-24/h4-10,12-14,16,22-23H,2-3,11,15,17-18H2,1H3,(H,29,33)(H,31,32)/t22-,23?/m1/s1. The van der Waals surface area contributed by atoms with Crippen LogP contribution in [0.4, 0.5) is 0 Å². The Balaban J connectivity index is 1.61. The molecule has 2 heterocycles. The molecule has 8 heteroatoms. The number of benzene rings is 2. The van der Waals surface area contributed by atoms with Gasteiger partial charge in [0, 0.05) is 18.2 Å². The molecule has 3 aromatic rings. The monoisotopic (exact) mass is 490 g/mol. The van der Waals surface area contributed by atoms with Crippen LogP contribution in [0.1, 0.15) is 61.4 Å². The van der Waals surface area contributed by atoms with Gasteiger partial charge in [0.1, 0.15) is 6.04 Å². The summed E-state index contributed by atoms with van der Waals surface area (Å²) in [6, 6.07) is 16.8. The molecule has 1 amide bonds. The van der Waals surface area contributed by atoms with Crippen LogP contribution in [-0.4, -0.2) is 28.3 Å². The third-order valence-electron chi connectivity index (χ3n) is 6.25. The number of carboxylic acid groups (broad SMARTS) is 1. The van der Waals surface area contributed by atoms with Crippen LogP contribution < -0.4 is 20.3 Å². The second kappa shape index (κ2) is 11.6. The molecule has 2 aromatic carbocycles. The first-order chi connectivity index (χ1) is 17.5. The van der Waals surface area contributed by atoms with Crippen molar-refractivity contribution in [2.24, 2.45) is 0 Å². The quantitative estimate of drug-likeness (QED) is 0.417. The third-order valence-corrected chi connectivity index (χ3v) is 6.25. The van der Waals surface area contributed by atoms with Gasteiger partial charge >= 0.3 is 5.97 Å². The van der Waals surface area contributed by atoms with Gasteiger partial charge in [-0.15, -0.1) is 0 Å². The van der Waals surface area contributed by atoms with Gasteiger partial charge in [-0.2, -0.15) is 0 Å². The van der Waals surface area contributed by atoms with E-state index >= 15 is 0 Å². The molecule has 188 valence electrons. The predicted octanol–water partition coefficient (Wildman–Crippen LogP) is 4.23. The first-order valence-electron chi connectivity index (χ1n) is 12.1. The Labute approximate surface area is 209 Å². The van der Waals surface area contributed by atoms with Crippen LogP contribution in [0, 0.1) is 0 Å². The van der Waals surface area contributed by atoms with Gasteiger partial charge in [0.05, 0.1) is 12.5 Å². The lowest BCUT2D eigenvalue weighted by molar-refractivity contribution is -0.138. The number of carbonyl (C=O) groups is 2. The van der Waals surface area contributed by atoms with Crippen LogP contribution in [0.25, 0.3) is 0 Å². The number of rotatable bonds is 11. The maximum atomic E-state index is 13.6. The van der Waals surface area contributed by atoms with Crippen molar-refractivity contribution in [2.45, 2.75) is 51.1 Å². The van der Waals surface area contributed by atoms with Gasteiger partial charge in [-0.1, -0.05) is 62.2 Å². The summed E-state index contributed by atoms with van der Waals surface area (Å²) < 4.78 is 12.2. The number of unbranched alkanes of at least 4 members (excludes halogenated alkanes) is 1.